The summed E-state index contributed by atoms with van der Waals surface area (Å²) >= 11 is 8.11. The summed E-state index contributed by atoms with van der Waals surface area (Å²) in [4.78, 5) is 11.6. The number of esters is 1. The summed E-state index contributed by atoms with van der Waals surface area (Å²) in [6.45, 7) is 0. The molecule has 0 bridgehead atoms. The van der Waals surface area contributed by atoms with Crippen LogP contribution in [-0.2, 0) is 4.74 Å². The summed E-state index contributed by atoms with van der Waals surface area (Å²) in [5.74, 6) is -3.03. The normalized spacial score (nSPS) is 10.3. The van der Waals surface area contributed by atoms with Gasteiger partial charge in [0.25, 0.3) is 0 Å². The maximum Gasteiger partial charge on any atom is 0.340 e. The van der Waals surface area contributed by atoms with Crippen LogP contribution in [0.5, 0.6) is 0 Å². The number of rotatable bonds is 3. The fraction of sp³-hybridized carbons (Fsp3) is 0.0714. The van der Waals surface area contributed by atoms with Gasteiger partial charge in [0.1, 0.15) is 0 Å². The topological polar surface area (TPSA) is 38.3 Å². The molecule has 0 aliphatic rings. The summed E-state index contributed by atoms with van der Waals surface area (Å²) in [7, 11) is 1.16. The third-order valence-corrected chi connectivity index (χ3v) is 3.67. The van der Waals surface area contributed by atoms with E-state index in [9.17, 15) is 13.6 Å². The van der Waals surface area contributed by atoms with Crippen molar-refractivity contribution in [2.24, 2.45) is 0 Å². The first kappa shape index (κ1) is 16.0. The highest BCUT2D eigenvalue weighted by molar-refractivity contribution is 14.1. The molecule has 0 spiro atoms. The number of hydrogen-bond acceptors (Lipinski definition) is 3. The van der Waals surface area contributed by atoms with Crippen molar-refractivity contribution in [3.63, 3.8) is 0 Å². The van der Waals surface area contributed by atoms with Gasteiger partial charge in [0.15, 0.2) is 11.6 Å². The number of hydrogen-bond donors (Lipinski definition) is 1. The molecule has 2 rings (SSSR count). The summed E-state index contributed by atoms with van der Waals surface area (Å²) in [6, 6.07) is 7.01. The van der Waals surface area contributed by atoms with Gasteiger partial charge in [-0.15, -0.1) is 0 Å². The second-order valence-electron chi connectivity index (χ2n) is 4.02. The van der Waals surface area contributed by atoms with Crippen LogP contribution < -0.4 is 5.32 Å². The number of methoxy groups -OCH3 is 1. The van der Waals surface area contributed by atoms with E-state index in [-0.39, 0.29) is 11.3 Å². The van der Waals surface area contributed by atoms with E-state index in [1.807, 2.05) is 0 Å². The fourth-order valence-corrected chi connectivity index (χ4v) is 2.58. The van der Waals surface area contributed by atoms with E-state index < -0.39 is 17.6 Å². The molecule has 0 aliphatic carbocycles. The van der Waals surface area contributed by atoms with Crippen molar-refractivity contribution in [2.45, 2.75) is 0 Å². The van der Waals surface area contributed by atoms with E-state index in [1.165, 1.54) is 0 Å². The zero-order chi connectivity index (χ0) is 15.6. The average molecular weight is 424 g/mol. The van der Waals surface area contributed by atoms with Gasteiger partial charge in [0, 0.05) is 3.57 Å². The Hall–Kier alpha value is -1.41. The number of nitrogens with one attached hydrogen (secondary N) is 1. The van der Waals surface area contributed by atoms with E-state index in [1.54, 1.807) is 18.2 Å². The number of benzene rings is 2. The molecule has 0 saturated heterocycles. The average Bonchev–Trinajstić information content (AvgIpc) is 2.45. The number of anilines is 2. The zero-order valence-corrected chi connectivity index (χ0v) is 13.6. The van der Waals surface area contributed by atoms with Gasteiger partial charge in [-0.3, -0.25) is 0 Å². The third kappa shape index (κ3) is 3.44. The molecule has 2 aromatic rings. The molecular formula is C14H9ClF2INO2. The lowest BCUT2D eigenvalue weighted by molar-refractivity contribution is 0.0601. The Balaban J connectivity index is 2.51. The van der Waals surface area contributed by atoms with Gasteiger partial charge < -0.3 is 10.1 Å². The Kier molecular flexibility index (Phi) is 5.00. The number of carbonyl (C=O) groups excluding carboxylic acids is 1. The van der Waals surface area contributed by atoms with Crippen molar-refractivity contribution in [1.82, 2.24) is 0 Å². The van der Waals surface area contributed by atoms with E-state index in [0.29, 0.717) is 10.7 Å². The Morgan fingerprint density at radius 3 is 2.62 bits per heavy atom. The van der Waals surface area contributed by atoms with Crippen molar-refractivity contribution < 1.29 is 18.3 Å². The van der Waals surface area contributed by atoms with E-state index >= 15 is 0 Å². The quantitative estimate of drug-likeness (QED) is 0.572. The summed E-state index contributed by atoms with van der Waals surface area (Å²) in [6.07, 6.45) is 0. The van der Waals surface area contributed by atoms with Gasteiger partial charge in [-0.2, -0.15) is 0 Å². The van der Waals surface area contributed by atoms with Gasteiger partial charge in [0.05, 0.1) is 29.1 Å². The monoisotopic (exact) mass is 423 g/mol. The standard InChI is InChI=1S/C14H9ClF2INO2/c1-21-14(20)8-3-4-10(16)12(17)13(8)19-11-5-2-7(18)6-9(11)15/h2-6,19H,1H3. The van der Waals surface area contributed by atoms with E-state index in [0.717, 1.165) is 22.8 Å². The summed E-state index contributed by atoms with van der Waals surface area (Å²) in [5.41, 5.74) is -0.0808. The van der Waals surface area contributed by atoms with Crippen molar-refractivity contribution in [3.8, 4) is 0 Å². The second-order valence-corrected chi connectivity index (χ2v) is 5.68. The van der Waals surface area contributed by atoms with Crippen LogP contribution in [0.4, 0.5) is 20.2 Å². The van der Waals surface area contributed by atoms with Gasteiger partial charge >= 0.3 is 5.97 Å². The largest absolute Gasteiger partial charge is 0.465 e. The second kappa shape index (κ2) is 6.57. The first-order chi connectivity index (χ1) is 9.93. The molecule has 7 heteroatoms. The van der Waals surface area contributed by atoms with Crippen molar-refractivity contribution in [3.05, 3.63) is 56.1 Å². The van der Waals surface area contributed by atoms with Gasteiger partial charge in [0.2, 0.25) is 0 Å². The van der Waals surface area contributed by atoms with Crippen molar-refractivity contribution >= 4 is 51.5 Å². The Bertz CT molecular complexity index is 710. The molecule has 0 radical (unpaired) electrons. The maximum absolute atomic E-state index is 14.0. The predicted molar refractivity (Wildman–Crippen MR) is 85.1 cm³/mol. The highest BCUT2D eigenvalue weighted by atomic mass is 127. The molecule has 21 heavy (non-hydrogen) atoms. The summed E-state index contributed by atoms with van der Waals surface area (Å²) in [5, 5.41) is 2.96. The van der Waals surface area contributed by atoms with Gasteiger partial charge in [-0.1, -0.05) is 11.6 Å². The first-order valence-electron chi connectivity index (χ1n) is 5.72. The zero-order valence-electron chi connectivity index (χ0n) is 10.7. The summed E-state index contributed by atoms with van der Waals surface area (Å²) < 4.78 is 32.8. The molecule has 0 amide bonds. The predicted octanol–water partition coefficient (Wildman–Crippen LogP) is 4.75. The van der Waals surface area contributed by atoms with Crippen LogP contribution in [0.1, 0.15) is 10.4 Å². The van der Waals surface area contributed by atoms with Crippen molar-refractivity contribution in [1.29, 1.82) is 0 Å². The van der Waals surface area contributed by atoms with E-state index in [2.05, 4.69) is 32.6 Å². The Morgan fingerprint density at radius 1 is 1.29 bits per heavy atom. The van der Waals surface area contributed by atoms with Crippen LogP contribution in [0.3, 0.4) is 0 Å². The van der Waals surface area contributed by atoms with Crippen LogP contribution in [0.15, 0.2) is 30.3 Å². The number of carbonyl (C=O) groups is 1. The highest BCUT2D eigenvalue weighted by Gasteiger charge is 2.20. The molecule has 0 fully saturated rings. The first-order valence-corrected chi connectivity index (χ1v) is 7.18. The van der Waals surface area contributed by atoms with Crippen LogP contribution in [0.2, 0.25) is 5.02 Å². The number of halogens is 4. The highest BCUT2D eigenvalue weighted by Crippen LogP contribution is 2.31. The molecule has 2 aromatic carbocycles. The maximum atomic E-state index is 14.0. The van der Waals surface area contributed by atoms with Gasteiger partial charge in [-0.25, -0.2) is 13.6 Å². The fourth-order valence-electron chi connectivity index (χ4n) is 1.68. The third-order valence-electron chi connectivity index (χ3n) is 2.69. The molecule has 0 unspecified atom stereocenters. The lowest BCUT2D eigenvalue weighted by Crippen LogP contribution is -2.09. The minimum Gasteiger partial charge on any atom is -0.465 e. The molecular weight excluding hydrogens is 415 g/mol. The van der Waals surface area contributed by atoms with Crippen LogP contribution in [0, 0.1) is 15.2 Å². The van der Waals surface area contributed by atoms with E-state index in [4.69, 9.17) is 11.6 Å². The molecule has 0 saturated carbocycles. The lowest BCUT2D eigenvalue weighted by atomic mass is 10.1. The van der Waals surface area contributed by atoms with Crippen LogP contribution in [-0.4, -0.2) is 13.1 Å². The van der Waals surface area contributed by atoms with Gasteiger partial charge in [-0.05, 0) is 52.9 Å². The molecule has 0 heterocycles. The number of ether oxygens (including phenoxy) is 1. The van der Waals surface area contributed by atoms with Crippen LogP contribution in [0.25, 0.3) is 0 Å². The minimum atomic E-state index is -1.17. The molecule has 0 atom stereocenters. The molecule has 3 nitrogen and oxygen atoms in total. The minimum absolute atomic E-state index is 0.119. The Labute approximate surface area is 138 Å². The molecule has 1 N–H and O–H groups in total. The van der Waals surface area contributed by atoms with Crippen LogP contribution >= 0.6 is 34.2 Å². The SMILES string of the molecule is COC(=O)c1ccc(F)c(F)c1Nc1ccc(I)cc1Cl. The molecule has 110 valence electrons. The molecule has 0 aliphatic heterocycles. The smallest absolute Gasteiger partial charge is 0.340 e. The molecule has 0 aromatic heterocycles. The van der Waals surface area contributed by atoms with Crippen molar-refractivity contribution in [2.75, 3.05) is 12.4 Å². The Morgan fingerprint density at radius 2 is 2.00 bits per heavy atom. The lowest BCUT2D eigenvalue weighted by Gasteiger charge is -2.13.